The maximum atomic E-state index is 4.51. The van der Waals surface area contributed by atoms with Gasteiger partial charge < -0.3 is 15.1 Å². The molecule has 0 aliphatic carbocycles. The Labute approximate surface area is 175 Å². The van der Waals surface area contributed by atoms with E-state index in [0.29, 0.717) is 0 Å². The number of anilines is 1. The summed E-state index contributed by atoms with van der Waals surface area (Å²) in [4.78, 5) is 11.8. The van der Waals surface area contributed by atoms with Gasteiger partial charge in [-0.3, -0.25) is 9.89 Å². The molecule has 0 radical (unpaired) electrons. The van der Waals surface area contributed by atoms with Crippen molar-refractivity contribution in [1.29, 1.82) is 0 Å². The number of rotatable bonds is 4. The maximum Gasteiger partial charge on any atom is 0.198 e. The largest absolute Gasteiger partial charge is 0.352 e. The Kier molecular flexibility index (Phi) is 6.47. The summed E-state index contributed by atoms with van der Waals surface area (Å²) in [5.41, 5.74) is 5.37. The molecule has 0 saturated carbocycles. The van der Waals surface area contributed by atoms with Crippen LogP contribution in [0.5, 0.6) is 0 Å². The molecular weight excluding hydrogens is 358 g/mol. The normalized spacial score (nSPS) is 18.6. The van der Waals surface area contributed by atoms with Crippen molar-refractivity contribution >= 4 is 11.6 Å². The van der Waals surface area contributed by atoms with E-state index in [1.807, 2.05) is 7.05 Å². The van der Waals surface area contributed by atoms with Crippen LogP contribution in [0, 0.1) is 0 Å². The lowest BCUT2D eigenvalue weighted by molar-refractivity contribution is 0.269. The number of fused-ring (bicyclic) bond motifs is 1. The molecule has 2 heterocycles. The number of para-hydroxylation sites is 1. The number of guanidine groups is 1. The van der Waals surface area contributed by atoms with Crippen LogP contribution in [0.25, 0.3) is 0 Å². The highest BCUT2D eigenvalue weighted by Crippen LogP contribution is 2.27. The van der Waals surface area contributed by atoms with Crippen LogP contribution in [0.2, 0.25) is 0 Å². The molecule has 5 heteroatoms. The van der Waals surface area contributed by atoms with Crippen LogP contribution < -0.4 is 10.2 Å². The predicted molar refractivity (Wildman–Crippen MR) is 122 cm³/mol. The Balaban J connectivity index is 1.32. The molecule has 0 atom stereocenters. The Morgan fingerprint density at radius 1 is 0.931 bits per heavy atom. The number of benzene rings is 2. The van der Waals surface area contributed by atoms with Crippen molar-refractivity contribution in [2.24, 2.45) is 4.99 Å². The van der Waals surface area contributed by atoms with E-state index in [4.69, 9.17) is 0 Å². The summed E-state index contributed by atoms with van der Waals surface area (Å²) in [7, 11) is 4.09. The van der Waals surface area contributed by atoms with Crippen molar-refractivity contribution in [3.05, 3.63) is 65.2 Å². The number of aliphatic imine (C=N–C) groups is 1. The molecule has 0 aromatic heterocycles. The van der Waals surface area contributed by atoms with E-state index in [2.05, 4.69) is 80.6 Å². The Hall–Kier alpha value is -2.37. The van der Waals surface area contributed by atoms with Gasteiger partial charge in [-0.15, -0.1) is 0 Å². The minimum atomic E-state index is 0.792. The molecule has 4 rings (SSSR count). The fourth-order valence-corrected chi connectivity index (χ4v) is 4.31. The average molecular weight is 392 g/mol. The number of likely N-dealkylation sites (N-methyl/N-ethyl adjacent to an activating group) is 1. The molecule has 0 spiro atoms. The van der Waals surface area contributed by atoms with Gasteiger partial charge in [-0.05, 0) is 55.7 Å². The Morgan fingerprint density at radius 2 is 1.72 bits per heavy atom. The highest BCUT2D eigenvalue weighted by Gasteiger charge is 2.22. The summed E-state index contributed by atoms with van der Waals surface area (Å²) >= 11 is 0. The second-order valence-corrected chi connectivity index (χ2v) is 8.18. The second kappa shape index (κ2) is 9.42. The first-order valence-corrected chi connectivity index (χ1v) is 10.8. The fraction of sp³-hybridized carbons (Fsp3) is 0.458. The molecule has 29 heavy (non-hydrogen) atoms. The molecule has 2 aliphatic heterocycles. The molecule has 2 aliphatic rings. The van der Waals surface area contributed by atoms with Gasteiger partial charge in [-0.25, -0.2) is 0 Å². The van der Waals surface area contributed by atoms with E-state index in [0.717, 1.165) is 38.6 Å². The Bertz CT molecular complexity index is 829. The maximum absolute atomic E-state index is 4.51. The summed E-state index contributed by atoms with van der Waals surface area (Å²) < 4.78 is 0. The van der Waals surface area contributed by atoms with Crippen LogP contribution in [0.1, 0.15) is 23.1 Å². The molecule has 0 unspecified atom stereocenters. The lowest BCUT2D eigenvalue weighted by Gasteiger charge is -2.22. The first kappa shape index (κ1) is 19.9. The Morgan fingerprint density at radius 3 is 2.55 bits per heavy atom. The van der Waals surface area contributed by atoms with Gasteiger partial charge in [0, 0.05) is 45.5 Å². The van der Waals surface area contributed by atoms with E-state index in [-0.39, 0.29) is 0 Å². The number of nitrogens with one attached hydrogen (secondary N) is 1. The van der Waals surface area contributed by atoms with Gasteiger partial charge >= 0.3 is 0 Å². The van der Waals surface area contributed by atoms with Crippen LogP contribution in [-0.4, -0.2) is 62.6 Å². The third-order valence-corrected chi connectivity index (χ3v) is 6.05. The standard InChI is InChI=1S/C24H33N5/c1-25-24(29-15-12-22-6-3-4-7-23(22)29)26-18-20-8-10-21(11-9-20)19-28-14-5-13-27(2)16-17-28/h3-4,6-11H,5,12-19H2,1-2H3,(H,25,26). The lowest BCUT2D eigenvalue weighted by atomic mass is 10.1. The predicted octanol–water partition coefficient (Wildman–Crippen LogP) is 2.96. The molecular formula is C24H33N5. The van der Waals surface area contributed by atoms with Crippen LogP contribution >= 0.6 is 0 Å². The molecule has 2 aromatic rings. The minimum absolute atomic E-state index is 0.792. The van der Waals surface area contributed by atoms with Gasteiger partial charge in [0.2, 0.25) is 0 Å². The summed E-state index contributed by atoms with van der Waals surface area (Å²) in [6, 6.07) is 17.7. The zero-order chi connectivity index (χ0) is 20.1. The highest BCUT2D eigenvalue weighted by molar-refractivity contribution is 5.97. The van der Waals surface area contributed by atoms with Crippen molar-refractivity contribution in [2.45, 2.75) is 25.9 Å². The topological polar surface area (TPSA) is 34.1 Å². The minimum Gasteiger partial charge on any atom is -0.352 e. The number of nitrogens with zero attached hydrogens (tertiary/aromatic N) is 4. The van der Waals surface area contributed by atoms with Crippen LogP contribution in [0.3, 0.4) is 0 Å². The van der Waals surface area contributed by atoms with Crippen molar-refractivity contribution in [1.82, 2.24) is 15.1 Å². The molecule has 0 amide bonds. The monoisotopic (exact) mass is 391 g/mol. The highest BCUT2D eigenvalue weighted by atomic mass is 15.3. The molecule has 1 N–H and O–H groups in total. The lowest BCUT2D eigenvalue weighted by Crippen LogP contribution is -2.40. The molecule has 154 valence electrons. The fourth-order valence-electron chi connectivity index (χ4n) is 4.31. The second-order valence-electron chi connectivity index (χ2n) is 8.18. The van der Waals surface area contributed by atoms with E-state index < -0.39 is 0 Å². The van der Waals surface area contributed by atoms with Crippen molar-refractivity contribution in [3.8, 4) is 0 Å². The van der Waals surface area contributed by atoms with E-state index >= 15 is 0 Å². The summed E-state index contributed by atoms with van der Waals surface area (Å²) in [6.45, 7) is 7.57. The van der Waals surface area contributed by atoms with E-state index in [9.17, 15) is 0 Å². The van der Waals surface area contributed by atoms with E-state index in [1.54, 1.807) is 0 Å². The SMILES string of the molecule is CN=C(NCc1ccc(CN2CCCN(C)CC2)cc1)N1CCc2ccccc21. The van der Waals surface area contributed by atoms with Crippen molar-refractivity contribution < 1.29 is 0 Å². The smallest absolute Gasteiger partial charge is 0.198 e. The van der Waals surface area contributed by atoms with Gasteiger partial charge in [0.15, 0.2) is 5.96 Å². The van der Waals surface area contributed by atoms with Crippen molar-refractivity contribution in [2.75, 3.05) is 51.7 Å². The molecule has 1 saturated heterocycles. The summed E-state index contributed by atoms with van der Waals surface area (Å²) in [5, 5.41) is 3.54. The van der Waals surface area contributed by atoms with Gasteiger partial charge in [-0.2, -0.15) is 0 Å². The van der Waals surface area contributed by atoms with Gasteiger partial charge in [0.05, 0.1) is 0 Å². The van der Waals surface area contributed by atoms with Crippen LogP contribution in [0.15, 0.2) is 53.5 Å². The van der Waals surface area contributed by atoms with Crippen LogP contribution in [0.4, 0.5) is 5.69 Å². The first-order chi connectivity index (χ1) is 14.2. The molecule has 1 fully saturated rings. The third kappa shape index (κ3) is 4.98. The summed E-state index contributed by atoms with van der Waals surface area (Å²) in [6.07, 6.45) is 2.34. The van der Waals surface area contributed by atoms with E-state index in [1.165, 1.54) is 48.4 Å². The number of hydrogen-bond acceptors (Lipinski definition) is 3. The third-order valence-electron chi connectivity index (χ3n) is 6.05. The molecule has 0 bridgehead atoms. The zero-order valence-electron chi connectivity index (χ0n) is 17.8. The zero-order valence-corrected chi connectivity index (χ0v) is 17.8. The number of hydrogen-bond donors (Lipinski definition) is 1. The molecule has 5 nitrogen and oxygen atoms in total. The molecule has 2 aromatic carbocycles. The van der Waals surface area contributed by atoms with Gasteiger partial charge in [-0.1, -0.05) is 42.5 Å². The van der Waals surface area contributed by atoms with Crippen LogP contribution in [-0.2, 0) is 19.5 Å². The first-order valence-electron chi connectivity index (χ1n) is 10.8. The summed E-state index contributed by atoms with van der Waals surface area (Å²) in [5.74, 6) is 0.952. The average Bonchev–Trinajstić information content (AvgIpc) is 3.07. The van der Waals surface area contributed by atoms with Crippen molar-refractivity contribution in [3.63, 3.8) is 0 Å². The van der Waals surface area contributed by atoms with Gasteiger partial charge in [0.1, 0.15) is 0 Å². The quantitative estimate of drug-likeness (QED) is 0.642. The van der Waals surface area contributed by atoms with Gasteiger partial charge in [0.25, 0.3) is 0 Å².